The van der Waals surface area contributed by atoms with Gasteiger partial charge in [-0.15, -0.1) is 0 Å². The lowest BCUT2D eigenvalue weighted by Gasteiger charge is -2.28. The largest absolute Gasteiger partial charge is 0.349 e. The van der Waals surface area contributed by atoms with Gasteiger partial charge in [0.2, 0.25) is 5.91 Å². The molecule has 1 fully saturated rings. The number of nitrogens with one attached hydrogen (secondary N) is 2. The number of aromatic nitrogens is 1. The van der Waals surface area contributed by atoms with Crippen molar-refractivity contribution in [3.05, 3.63) is 54.4 Å². The number of benzene rings is 1. The summed E-state index contributed by atoms with van der Waals surface area (Å²) in [5.74, 6) is 0.300. The first-order chi connectivity index (χ1) is 11.6. The van der Waals surface area contributed by atoms with Gasteiger partial charge in [0, 0.05) is 24.4 Å². The van der Waals surface area contributed by atoms with Crippen LogP contribution < -0.4 is 10.6 Å². The predicted molar refractivity (Wildman–Crippen MR) is 96.4 cm³/mol. The highest BCUT2D eigenvalue weighted by molar-refractivity contribution is 5.79. The van der Waals surface area contributed by atoms with E-state index in [0.29, 0.717) is 6.04 Å². The van der Waals surface area contributed by atoms with Gasteiger partial charge in [0.1, 0.15) is 0 Å². The average Bonchev–Trinajstić information content (AvgIpc) is 2.62. The van der Waals surface area contributed by atoms with Gasteiger partial charge in [-0.1, -0.05) is 24.3 Å². The molecule has 1 saturated heterocycles. The molecule has 0 radical (unpaired) electrons. The Morgan fingerprint density at radius 2 is 1.83 bits per heavy atom. The van der Waals surface area contributed by atoms with E-state index >= 15 is 0 Å². The Balaban J connectivity index is 1.62. The summed E-state index contributed by atoms with van der Waals surface area (Å²) in [6, 6.07) is 12.8. The first-order valence-corrected chi connectivity index (χ1v) is 8.67. The molecule has 0 aliphatic carbocycles. The topological polar surface area (TPSA) is 54.0 Å². The molecule has 1 aliphatic heterocycles. The molecule has 1 amide bonds. The van der Waals surface area contributed by atoms with Crippen LogP contribution in [-0.4, -0.2) is 23.5 Å². The number of rotatable bonds is 4. The summed E-state index contributed by atoms with van der Waals surface area (Å²) in [7, 11) is 0. The molecule has 4 nitrogen and oxygen atoms in total. The van der Waals surface area contributed by atoms with Gasteiger partial charge in [-0.3, -0.25) is 9.78 Å². The lowest BCUT2D eigenvalue weighted by molar-refractivity contribution is -0.126. The van der Waals surface area contributed by atoms with E-state index in [0.717, 1.165) is 36.1 Å². The molecule has 2 aromatic rings. The van der Waals surface area contributed by atoms with E-state index in [2.05, 4.69) is 46.8 Å². The van der Waals surface area contributed by atoms with Crippen molar-refractivity contribution in [2.24, 2.45) is 5.92 Å². The van der Waals surface area contributed by atoms with Crippen LogP contribution in [0.5, 0.6) is 0 Å². The van der Waals surface area contributed by atoms with Crippen molar-refractivity contribution in [2.75, 3.05) is 6.54 Å². The summed E-state index contributed by atoms with van der Waals surface area (Å²) >= 11 is 0. The molecule has 2 N–H and O–H groups in total. The predicted octanol–water partition coefficient (Wildman–Crippen LogP) is 3.31. The highest BCUT2D eigenvalue weighted by Gasteiger charge is 2.25. The number of nitrogens with zero attached hydrogens (tertiary/aromatic N) is 1. The molecular formula is C20H25N3O. The molecule has 0 bridgehead atoms. The molecule has 4 heteroatoms. The molecule has 2 heterocycles. The highest BCUT2D eigenvalue weighted by Crippen LogP contribution is 2.22. The van der Waals surface area contributed by atoms with Crippen molar-refractivity contribution >= 4 is 5.91 Å². The number of hydrogen-bond acceptors (Lipinski definition) is 3. The van der Waals surface area contributed by atoms with Gasteiger partial charge in [0.15, 0.2) is 0 Å². The fraction of sp³-hybridized carbons (Fsp3) is 0.400. The maximum atomic E-state index is 12.5. The van der Waals surface area contributed by atoms with Gasteiger partial charge >= 0.3 is 0 Å². The maximum absolute atomic E-state index is 12.5. The Bertz CT molecular complexity index is 669. The van der Waals surface area contributed by atoms with Crippen LogP contribution in [0.1, 0.15) is 38.3 Å². The SMILES string of the molecule is CC(NC(=O)[C@H]1CCN[C@@H](C)C1)c1ccc(-c2ccncc2)cc1. The van der Waals surface area contributed by atoms with Crippen molar-refractivity contribution in [1.29, 1.82) is 0 Å². The smallest absolute Gasteiger partial charge is 0.223 e. The van der Waals surface area contributed by atoms with E-state index in [1.54, 1.807) is 12.4 Å². The Kier molecular flexibility index (Phi) is 5.26. The van der Waals surface area contributed by atoms with Crippen molar-refractivity contribution in [2.45, 2.75) is 38.8 Å². The first-order valence-electron chi connectivity index (χ1n) is 8.67. The van der Waals surface area contributed by atoms with Crippen molar-refractivity contribution in [1.82, 2.24) is 15.6 Å². The average molecular weight is 323 g/mol. The van der Waals surface area contributed by atoms with Crippen LogP contribution in [0.15, 0.2) is 48.8 Å². The minimum absolute atomic E-state index is 0.0224. The van der Waals surface area contributed by atoms with Crippen molar-refractivity contribution < 1.29 is 4.79 Å². The minimum atomic E-state index is 0.0224. The zero-order chi connectivity index (χ0) is 16.9. The van der Waals surface area contributed by atoms with Crippen LogP contribution in [0.4, 0.5) is 0 Å². The van der Waals surface area contributed by atoms with Crippen LogP contribution in [-0.2, 0) is 4.79 Å². The third-order valence-electron chi connectivity index (χ3n) is 4.78. The summed E-state index contributed by atoms with van der Waals surface area (Å²) in [5.41, 5.74) is 3.44. The lowest BCUT2D eigenvalue weighted by atomic mass is 9.92. The Morgan fingerprint density at radius 3 is 2.50 bits per heavy atom. The Morgan fingerprint density at radius 1 is 1.17 bits per heavy atom. The van der Waals surface area contributed by atoms with Crippen LogP contribution in [0, 0.1) is 5.92 Å². The van der Waals surface area contributed by atoms with E-state index < -0.39 is 0 Å². The zero-order valence-electron chi connectivity index (χ0n) is 14.3. The fourth-order valence-corrected chi connectivity index (χ4v) is 3.29. The summed E-state index contributed by atoms with van der Waals surface area (Å²) < 4.78 is 0. The van der Waals surface area contributed by atoms with E-state index in [1.165, 1.54) is 0 Å². The van der Waals surface area contributed by atoms with E-state index in [1.807, 2.05) is 19.1 Å². The highest BCUT2D eigenvalue weighted by atomic mass is 16.1. The molecule has 1 aliphatic rings. The number of hydrogen-bond donors (Lipinski definition) is 2. The van der Waals surface area contributed by atoms with Crippen LogP contribution in [0.25, 0.3) is 11.1 Å². The maximum Gasteiger partial charge on any atom is 0.223 e. The minimum Gasteiger partial charge on any atom is -0.349 e. The van der Waals surface area contributed by atoms with E-state index in [4.69, 9.17) is 0 Å². The number of carbonyl (C=O) groups excluding carboxylic acids is 1. The standard InChI is InChI=1S/C20H25N3O/c1-14-13-19(9-12-22-14)20(24)23-15(2)16-3-5-17(6-4-16)18-7-10-21-11-8-18/h3-8,10-11,14-15,19,22H,9,12-13H2,1-2H3,(H,23,24)/t14-,15?,19-/m0/s1. The third kappa shape index (κ3) is 4.01. The molecule has 1 unspecified atom stereocenters. The van der Waals surface area contributed by atoms with Crippen LogP contribution in [0.2, 0.25) is 0 Å². The lowest BCUT2D eigenvalue weighted by Crippen LogP contribution is -2.42. The first kappa shape index (κ1) is 16.7. The molecule has 126 valence electrons. The quantitative estimate of drug-likeness (QED) is 0.907. The summed E-state index contributed by atoms with van der Waals surface area (Å²) in [6.07, 6.45) is 5.43. The van der Waals surface area contributed by atoms with Crippen LogP contribution in [0.3, 0.4) is 0 Å². The summed E-state index contributed by atoms with van der Waals surface area (Å²) in [5, 5.41) is 6.56. The molecule has 3 atom stereocenters. The van der Waals surface area contributed by atoms with Gasteiger partial charge in [0.05, 0.1) is 6.04 Å². The monoisotopic (exact) mass is 323 g/mol. The van der Waals surface area contributed by atoms with Gasteiger partial charge in [-0.25, -0.2) is 0 Å². The Hall–Kier alpha value is -2.20. The van der Waals surface area contributed by atoms with Gasteiger partial charge < -0.3 is 10.6 Å². The number of piperidine rings is 1. The number of carbonyl (C=O) groups is 1. The van der Waals surface area contributed by atoms with Crippen molar-refractivity contribution in [3.63, 3.8) is 0 Å². The second-order valence-electron chi connectivity index (χ2n) is 6.66. The van der Waals surface area contributed by atoms with Gasteiger partial charge in [-0.2, -0.15) is 0 Å². The van der Waals surface area contributed by atoms with Gasteiger partial charge in [0.25, 0.3) is 0 Å². The molecule has 1 aromatic carbocycles. The molecule has 3 rings (SSSR count). The van der Waals surface area contributed by atoms with Crippen molar-refractivity contribution in [3.8, 4) is 11.1 Å². The third-order valence-corrected chi connectivity index (χ3v) is 4.78. The number of pyridine rings is 1. The van der Waals surface area contributed by atoms with Gasteiger partial charge in [-0.05, 0) is 62.1 Å². The molecule has 1 aromatic heterocycles. The fourth-order valence-electron chi connectivity index (χ4n) is 3.29. The summed E-state index contributed by atoms with van der Waals surface area (Å²) in [6.45, 7) is 5.11. The second-order valence-corrected chi connectivity index (χ2v) is 6.66. The zero-order valence-corrected chi connectivity index (χ0v) is 14.3. The molecular weight excluding hydrogens is 298 g/mol. The molecule has 24 heavy (non-hydrogen) atoms. The number of amides is 1. The van der Waals surface area contributed by atoms with E-state index in [9.17, 15) is 4.79 Å². The molecule has 0 spiro atoms. The Labute approximate surface area is 143 Å². The summed E-state index contributed by atoms with van der Waals surface area (Å²) in [4.78, 5) is 16.5. The van der Waals surface area contributed by atoms with E-state index in [-0.39, 0.29) is 17.9 Å². The molecule has 0 saturated carbocycles. The normalized spacial score (nSPS) is 21.9. The second kappa shape index (κ2) is 7.58. The van der Waals surface area contributed by atoms with Crippen LogP contribution >= 0.6 is 0 Å².